The van der Waals surface area contributed by atoms with Crippen molar-refractivity contribution in [3.05, 3.63) is 54.6 Å². The smallest absolute Gasteiger partial charge is 0.0446 e. The summed E-state index contributed by atoms with van der Waals surface area (Å²) in [5.74, 6) is 0. The number of hydrogen-bond donors (Lipinski definition) is 1. The summed E-state index contributed by atoms with van der Waals surface area (Å²) >= 11 is 0. The molecule has 0 amide bonds. The van der Waals surface area contributed by atoms with Crippen molar-refractivity contribution < 1.29 is 0 Å². The Hall–Kier alpha value is -1.80. The SMILES string of the molecule is CCCNC1CCN(c2ccccc2-c2ccccc2)C1. The molecule has 2 heteroatoms. The van der Waals surface area contributed by atoms with Crippen molar-refractivity contribution >= 4 is 5.69 Å². The molecule has 3 rings (SSSR count). The van der Waals surface area contributed by atoms with E-state index in [0.717, 1.165) is 19.6 Å². The van der Waals surface area contributed by atoms with Crippen molar-refractivity contribution in [2.45, 2.75) is 25.8 Å². The monoisotopic (exact) mass is 280 g/mol. The minimum absolute atomic E-state index is 0.633. The molecule has 1 saturated heterocycles. The highest BCUT2D eigenvalue weighted by atomic mass is 15.2. The molecule has 1 fully saturated rings. The van der Waals surface area contributed by atoms with Crippen LogP contribution in [-0.4, -0.2) is 25.7 Å². The zero-order valence-corrected chi connectivity index (χ0v) is 12.8. The van der Waals surface area contributed by atoms with Gasteiger partial charge in [-0.3, -0.25) is 0 Å². The van der Waals surface area contributed by atoms with E-state index in [1.54, 1.807) is 0 Å². The molecule has 110 valence electrons. The summed E-state index contributed by atoms with van der Waals surface area (Å²) < 4.78 is 0. The van der Waals surface area contributed by atoms with Gasteiger partial charge in [0, 0.05) is 30.4 Å². The zero-order chi connectivity index (χ0) is 14.5. The summed E-state index contributed by atoms with van der Waals surface area (Å²) in [6.45, 7) is 5.61. The van der Waals surface area contributed by atoms with Gasteiger partial charge in [-0.05, 0) is 31.0 Å². The number of anilines is 1. The first-order valence-corrected chi connectivity index (χ1v) is 8.01. The van der Waals surface area contributed by atoms with Gasteiger partial charge >= 0.3 is 0 Å². The Kier molecular flexibility index (Phi) is 4.56. The number of hydrogen-bond acceptors (Lipinski definition) is 2. The summed E-state index contributed by atoms with van der Waals surface area (Å²) in [6, 6.07) is 20.1. The molecule has 2 aromatic rings. The molecule has 21 heavy (non-hydrogen) atoms. The molecule has 1 aliphatic heterocycles. The maximum Gasteiger partial charge on any atom is 0.0446 e. The van der Waals surface area contributed by atoms with E-state index in [1.807, 2.05) is 0 Å². The summed E-state index contributed by atoms with van der Waals surface area (Å²) in [5.41, 5.74) is 4.01. The molecule has 0 aliphatic carbocycles. The number of rotatable bonds is 5. The van der Waals surface area contributed by atoms with Crippen molar-refractivity contribution in [1.82, 2.24) is 5.32 Å². The Morgan fingerprint density at radius 3 is 2.62 bits per heavy atom. The third-order valence-electron chi connectivity index (χ3n) is 4.20. The Bertz CT molecular complexity index is 565. The van der Waals surface area contributed by atoms with Crippen molar-refractivity contribution in [1.29, 1.82) is 0 Å². The molecule has 1 unspecified atom stereocenters. The average Bonchev–Trinajstić information content (AvgIpc) is 3.02. The van der Waals surface area contributed by atoms with Crippen LogP contribution in [0.5, 0.6) is 0 Å². The van der Waals surface area contributed by atoms with Crippen LogP contribution in [0.1, 0.15) is 19.8 Å². The Labute approximate surface area is 127 Å². The maximum atomic E-state index is 3.65. The van der Waals surface area contributed by atoms with E-state index in [-0.39, 0.29) is 0 Å². The first-order chi connectivity index (χ1) is 10.4. The fourth-order valence-corrected chi connectivity index (χ4v) is 3.11. The minimum atomic E-state index is 0.633. The van der Waals surface area contributed by atoms with Gasteiger partial charge in [-0.15, -0.1) is 0 Å². The van der Waals surface area contributed by atoms with E-state index in [2.05, 4.69) is 71.7 Å². The van der Waals surface area contributed by atoms with Gasteiger partial charge in [-0.2, -0.15) is 0 Å². The number of para-hydroxylation sites is 1. The van der Waals surface area contributed by atoms with E-state index in [1.165, 1.54) is 29.7 Å². The second-order valence-electron chi connectivity index (χ2n) is 5.77. The molecule has 0 aromatic heterocycles. The molecule has 0 spiro atoms. The average molecular weight is 280 g/mol. The zero-order valence-electron chi connectivity index (χ0n) is 12.8. The van der Waals surface area contributed by atoms with Crippen LogP contribution in [0.4, 0.5) is 5.69 Å². The van der Waals surface area contributed by atoms with Gasteiger partial charge in [-0.25, -0.2) is 0 Å². The van der Waals surface area contributed by atoms with Gasteiger partial charge in [-0.1, -0.05) is 55.5 Å². The maximum absolute atomic E-state index is 3.65. The van der Waals surface area contributed by atoms with Gasteiger partial charge in [0.2, 0.25) is 0 Å². The van der Waals surface area contributed by atoms with Gasteiger partial charge in [0.1, 0.15) is 0 Å². The van der Waals surface area contributed by atoms with Crippen molar-refractivity contribution in [2.24, 2.45) is 0 Å². The van der Waals surface area contributed by atoms with Gasteiger partial charge in [0.25, 0.3) is 0 Å². The molecule has 2 aromatic carbocycles. The molecular weight excluding hydrogens is 256 g/mol. The van der Waals surface area contributed by atoms with Crippen LogP contribution in [0.3, 0.4) is 0 Å². The highest BCUT2D eigenvalue weighted by Gasteiger charge is 2.23. The molecule has 0 bridgehead atoms. The summed E-state index contributed by atoms with van der Waals surface area (Å²) in [7, 11) is 0. The van der Waals surface area contributed by atoms with Crippen LogP contribution >= 0.6 is 0 Å². The topological polar surface area (TPSA) is 15.3 Å². The second kappa shape index (κ2) is 6.77. The largest absolute Gasteiger partial charge is 0.369 e. The van der Waals surface area contributed by atoms with E-state index in [4.69, 9.17) is 0 Å². The standard InChI is InChI=1S/C19H24N2/c1-2-13-20-17-12-14-21(15-17)19-11-7-6-10-18(19)16-8-4-3-5-9-16/h3-11,17,20H,2,12-15H2,1H3. The third-order valence-corrected chi connectivity index (χ3v) is 4.20. The van der Waals surface area contributed by atoms with E-state index >= 15 is 0 Å². The summed E-state index contributed by atoms with van der Waals surface area (Å²) in [6.07, 6.45) is 2.44. The molecule has 1 N–H and O–H groups in total. The lowest BCUT2D eigenvalue weighted by molar-refractivity contribution is 0.549. The fourth-order valence-electron chi connectivity index (χ4n) is 3.11. The van der Waals surface area contributed by atoms with Crippen molar-refractivity contribution in [3.63, 3.8) is 0 Å². The lowest BCUT2D eigenvalue weighted by Gasteiger charge is -2.22. The molecule has 2 nitrogen and oxygen atoms in total. The van der Waals surface area contributed by atoms with E-state index in [9.17, 15) is 0 Å². The number of nitrogens with zero attached hydrogens (tertiary/aromatic N) is 1. The molecule has 1 heterocycles. The second-order valence-corrected chi connectivity index (χ2v) is 5.77. The molecular formula is C19H24N2. The quantitative estimate of drug-likeness (QED) is 0.892. The lowest BCUT2D eigenvalue weighted by atomic mass is 10.0. The highest BCUT2D eigenvalue weighted by Crippen LogP contribution is 2.32. The summed E-state index contributed by atoms with van der Waals surface area (Å²) in [4.78, 5) is 2.52. The molecule has 1 aliphatic rings. The third kappa shape index (κ3) is 3.27. The Balaban J connectivity index is 1.81. The van der Waals surface area contributed by atoms with Crippen LogP contribution in [0.25, 0.3) is 11.1 Å². The first-order valence-electron chi connectivity index (χ1n) is 8.01. The van der Waals surface area contributed by atoms with Crippen LogP contribution in [-0.2, 0) is 0 Å². The van der Waals surface area contributed by atoms with Gasteiger partial charge in [0.05, 0.1) is 0 Å². The van der Waals surface area contributed by atoms with Crippen LogP contribution in [0.15, 0.2) is 54.6 Å². The molecule has 1 atom stereocenters. The molecule has 0 radical (unpaired) electrons. The van der Waals surface area contributed by atoms with Crippen LogP contribution in [0, 0.1) is 0 Å². The van der Waals surface area contributed by atoms with Gasteiger partial charge in [0.15, 0.2) is 0 Å². The normalized spacial score (nSPS) is 18.1. The predicted octanol–water partition coefficient (Wildman–Crippen LogP) is 3.93. The number of nitrogens with one attached hydrogen (secondary N) is 1. The van der Waals surface area contributed by atoms with Crippen LogP contribution in [0.2, 0.25) is 0 Å². The lowest BCUT2D eigenvalue weighted by Crippen LogP contribution is -2.33. The van der Waals surface area contributed by atoms with E-state index in [0.29, 0.717) is 6.04 Å². The van der Waals surface area contributed by atoms with E-state index < -0.39 is 0 Å². The predicted molar refractivity (Wildman–Crippen MR) is 90.8 cm³/mol. The van der Waals surface area contributed by atoms with Crippen molar-refractivity contribution in [3.8, 4) is 11.1 Å². The van der Waals surface area contributed by atoms with Crippen molar-refractivity contribution in [2.75, 3.05) is 24.5 Å². The Morgan fingerprint density at radius 1 is 1.05 bits per heavy atom. The van der Waals surface area contributed by atoms with Crippen LogP contribution < -0.4 is 10.2 Å². The first kappa shape index (κ1) is 14.2. The number of benzene rings is 2. The minimum Gasteiger partial charge on any atom is -0.369 e. The fraction of sp³-hybridized carbons (Fsp3) is 0.368. The molecule has 0 saturated carbocycles. The Morgan fingerprint density at radius 2 is 1.81 bits per heavy atom. The summed E-state index contributed by atoms with van der Waals surface area (Å²) in [5, 5.41) is 3.65. The highest BCUT2D eigenvalue weighted by molar-refractivity contribution is 5.78. The van der Waals surface area contributed by atoms with Gasteiger partial charge < -0.3 is 10.2 Å².